The van der Waals surface area contributed by atoms with Gasteiger partial charge >= 0.3 is 30.0 Å². The van der Waals surface area contributed by atoms with Crippen molar-refractivity contribution in [2.24, 2.45) is 4.99 Å². The minimum Gasteiger partial charge on any atom is -0.477 e. The predicted octanol–water partition coefficient (Wildman–Crippen LogP) is 4.92. The number of carbonyl (C=O) groups is 4. The zero-order valence-electron chi connectivity index (χ0n) is 28.2. The molecule has 0 bridgehead atoms. The monoisotopic (exact) mass is 776 g/mol. The summed E-state index contributed by atoms with van der Waals surface area (Å²) in [5.74, 6) is -5.10. The molecule has 3 aromatic carbocycles. The van der Waals surface area contributed by atoms with E-state index in [0.717, 1.165) is 5.56 Å². The first-order valence-electron chi connectivity index (χ1n) is 16.2. The van der Waals surface area contributed by atoms with Crippen LogP contribution in [0, 0.1) is 0 Å². The Hall–Kier alpha value is -6.89. The highest BCUT2D eigenvalue weighted by Crippen LogP contribution is 2.48. The number of hydrogen-bond donors (Lipinski definition) is 5. The van der Waals surface area contributed by atoms with Crippen LogP contribution in [0.1, 0.15) is 28.8 Å². The first kappa shape index (κ1) is 37.9. The Kier molecular flexibility index (Phi) is 11.0. The molecule has 0 saturated heterocycles. The smallest absolute Gasteiger partial charge is 0.422 e. The van der Waals surface area contributed by atoms with E-state index >= 15 is 0 Å². The average molecular weight is 777 g/mol. The van der Waals surface area contributed by atoms with E-state index in [1.807, 2.05) is 12.1 Å². The fraction of sp³-hybridized carbons (Fsp3) is 0.171. The fourth-order valence-corrected chi connectivity index (χ4v) is 5.13. The molecule has 1 fully saturated rings. The Morgan fingerprint density at radius 3 is 2.18 bits per heavy atom. The third kappa shape index (κ3) is 10.2. The number of aliphatic carboxylic acids is 1. The van der Waals surface area contributed by atoms with Gasteiger partial charge in [0.1, 0.15) is 5.71 Å². The highest BCUT2D eigenvalue weighted by molar-refractivity contribution is 6.42. The van der Waals surface area contributed by atoms with Crippen LogP contribution in [0.3, 0.4) is 0 Å². The molecule has 1 saturated carbocycles. The van der Waals surface area contributed by atoms with Gasteiger partial charge in [-0.1, -0.05) is 23.7 Å². The van der Waals surface area contributed by atoms with Crippen molar-refractivity contribution in [3.05, 3.63) is 107 Å². The van der Waals surface area contributed by atoms with Gasteiger partial charge < -0.3 is 31.1 Å². The molecule has 0 aliphatic heterocycles. The number of ether oxygens (including phenoxy) is 1. The molecular formula is C35H28ClF3N10O6. The number of alkyl halides is 3. The lowest BCUT2D eigenvalue weighted by Gasteiger charge is -2.19. The number of halogens is 4. The molecule has 282 valence electrons. The van der Waals surface area contributed by atoms with Gasteiger partial charge in [0, 0.05) is 34.4 Å². The summed E-state index contributed by atoms with van der Waals surface area (Å²) in [5.41, 5.74) is 0.769. The highest BCUT2D eigenvalue weighted by Gasteiger charge is 2.45. The molecular weight excluding hydrogens is 749 g/mol. The highest BCUT2D eigenvalue weighted by atomic mass is 35.5. The number of aromatic nitrogens is 5. The number of carbonyl (C=O) groups excluding carboxylic acids is 3. The first-order valence-corrected chi connectivity index (χ1v) is 16.5. The van der Waals surface area contributed by atoms with Crippen molar-refractivity contribution >= 4 is 64.3 Å². The molecule has 20 heteroatoms. The topological polar surface area (TPSA) is 215 Å². The van der Waals surface area contributed by atoms with Crippen molar-refractivity contribution in [1.29, 1.82) is 0 Å². The second kappa shape index (κ2) is 16.0. The normalized spacial score (nSPS) is 13.3. The molecule has 3 amide bonds. The second-order valence-electron chi connectivity index (χ2n) is 11.9. The van der Waals surface area contributed by atoms with E-state index in [1.165, 1.54) is 24.3 Å². The van der Waals surface area contributed by atoms with E-state index in [1.54, 1.807) is 59.5 Å². The summed E-state index contributed by atoms with van der Waals surface area (Å²) in [6.07, 6.45) is 0.0423. The van der Waals surface area contributed by atoms with Crippen LogP contribution in [-0.2, 0) is 19.9 Å². The SMILES string of the molecule is O=C(NC/C(=N/C(=O)c1ccc(Nc2nc(NC3(c4ccc(Cl)cc4)CC3)nc(OCC(F)(F)F)n2)cc1)C(=O)O)C(=O)Nc1ccc(-n2cccn2)cc1. The molecule has 0 radical (unpaired) electrons. The van der Waals surface area contributed by atoms with Crippen LogP contribution < -0.4 is 26.0 Å². The summed E-state index contributed by atoms with van der Waals surface area (Å²) < 4.78 is 45.2. The number of rotatable bonds is 13. The molecule has 0 unspecified atom stereocenters. The zero-order valence-corrected chi connectivity index (χ0v) is 28.9. The van der Waals surface area contributed by atoms with Gasteiger partial charge in [0.05, 0.1) is 17.8 Å². The van der Waals surface area contributed by atoms with Crippen molar-refractivity contribution in [3.8, 4) is 11.7 Å². The molecule has 0 atom stereocenters. The Balaban J connectivity index is 1.09. The molecule has 55 heavy (non-hydrogen) atoms. The van der Waals surface area contributed by atoms with Crippen molar-refractivity contribution in [1.82, 2.24) is 30.0 Å². The van der Waals surface area contributed by atoms with Gasteiger partial charge in [0.15, 0.2) is 6.61 Å². The molecule has 16 nitrogen and oxygen atoms in total. The van der Waals surface area contributed by atoms with Crippen molar-refractivity contribution < 1.29 is 42.2 Å². The van der Waals surface area contributed by atoms with E-state index in [4.69, 9.17) is 16.3 Å². The van der Waals surface area contributed by atoms with Crippen LogP contribution in [0.25, 0.3) is 5.69 Å². The van der Waals surface area contributed by atoms with E-state index < -0.39 is 60.3 Å². The number of benzene rings is 3. The summed E-state index contributed by atoms with van der Waals surface area (Å²) in [4.78, 5) is 65.3. The molecule has 6 rings (SSSR count). The summed E-state index contributed by atoms with van der Waals surface area (Å²) in [5, 5.41) is 24.7. The lowest BCUT2D eigenvalue weighted by atomic mass is 10.1. The number of carboxylic acids is 1. The van der Waals surface area contributed by atoms with Crippen molar-refractivity contribution in [3.63, 3.8) is 0 Å². The number of hydrogen-bond acceptors (Lipinski definition) is 11. The van der Waals surface area contributed by atoms with Gasteiger partial charge in [-0.15, -0.1) is 0 Å². The summed E-state index contributed by atoms with van der Waals surface area (Å²) in [6.45, 7) is -2.40. The van der Waals surface area contributed by atoms with Gasteiger partial charge in [0.2, 0.25) is 11.9 Å². The van der Waals surface area contributed by atoms with Crippen molar-refractivity contribution in [2.45, 2.75) is 24.6 Å². The maximum atomic E-state index is 12.9. The van der Waals surface area contributed by atoms with Gasteiger partial charge in [0.25, 0.3) is 5.91 Å². The van der Waals surface area contributed by atoms with Gasteiger partial charge in [-0.05, 0) is 85.1 Å². The third-order valence-electron chi connectivity index (χ3n) is 7.87. The van der Waals surface area contributed by atoms with Crippen LogP contribution in [0.15, 0.2) is 96.2 Å². The number of carboxylic acid groups (broad SMARTS) is 1. The van der Waals surface area contributed by atoms with Gasteiger partial charge in [-0.2, -0.15) is 33.2 Å². The summed E-state index contributed by atoms with van der Waals surface area (Å²) in [6, 6.07) is 20.0. The Morgan fingerprint density at radius 1 is 0.891 bits per heavy atom. The largest absolute Gasteiger partial charge is 0.477 e. The number of nitrogens with zero attached hydrogens (tertiary/aromatic N) is 6. The lowest BCUT2D eigenvalue weighted by Crippen LogP contribution is -2.40. The quantitative estimate of drug-likeness (QED) is 0.0796. The number of aliphatic imine (C=N–C) groups is 1. The number of amides is 3. The maximum absolute atomic E-state index is 12.9. The van der Waals surface area contributed by atoms with E-state index in [9.17, 15) is 37.5 Å². The Morgan fingerprint density at radius 2 is 1.56 bits per heavy atom. The molecule has 5 aromatic rings. The fourth-order valence-electron chi connectivity index (χ4n) is 5.00. The molecule has 1 aliphatic rings. The molecule has 5 N–H and O–H groups in total. The summed E-state index contributed by atoms with van der Waals surface area (Å²) >= 11 is 6.01. The zero-order chi connectivity index (χ0) is 39.2. The average Bonchev–Trinajstić information content (AvgIpc) is 3.71. The summed E-state index contributed by atoms with van der Waals surface area (Å²) in [7, 11) is 0. The Labute approximate surface area is 313 Å². The van der Waals surface area contributed by atoms with Crippen LogP contribution in [0.4, 0.5) is 36.4 Å². The number of nitrogens with one attached hydrogen (secondary N) is 4. The van der Waals surface area contributed by atoms with Crippen LogP contribution in [0.2, 0.25) is 5.02 Å². The Bertz CT molecular complexity index is 2230. The van der Waals surface area contributed by atoms with Crippen molar-refractivity contribution in [2.75, 3.05) is 29.1 Å². The standard InChI is InChI=1S/C35H28ClF3N10O6/c36-22-6-4-21(5-7-22)34(14-15-34)48-32-45-31(46-33(47-32)55-19-35(37,38)39)43-24-8-2-20(3-9-24)27(50)44-26(30(53)54)18-40-28(51)29(52)42-23-10-12-25(13-11-23)49-17-1-16-41-49/h1-13,16-17H,14-15,18-19H2,(H,40,51)(H,42,52)(H,53,54)(H2,43,45,46,47,48)/b44-26-. The van der Waals surface area contributed by atoms with Crippen LogP contribution in [-0.4, -0.2) is 78.6 Å². The minimum absolute atomic E-state index is 0.0576. The number of anilines is 4. The molecule has 0 spiro atoms. The van der Waals surface area contributed by atoms with Crippen LogP contribution >= 0.6 is 11.6 Å². The van der Waals surface area contributed by atoms with Gasteiger partial charge in [-0.25, -0.2) is 14.5 Å². The first-order chi connectivity index (χ1) is 26.2. The molecule has 2 aromatic heterocycles. The van der Waals surface area contributed by atoms with E-state index in [0.29, 0.717) is 29.2 Å². The predicted molar refractivity (Wildman–Crippen MR) is 192 cm³/mol. The van der Waals surface area contributed by atoms with Gasteiger partial charge in [-0.3, -0.25) is 14.4 Å². The maximum Gasteiger partial charge on any atom is 0.422 e. The van der Waals surface area contributed by atoms with E-state index in [2.05, 4.69) is 46.3 Å². The molecule has 1 aliphatic carbocycles. The second-order valence-corrected chi connectivity index (χ2v) is 12.3. The van der Waals surface area contributed by atoms with E-state index in [-0.39, 0.29) is 23.1 Å². The molecule has 2 heterocycles. The third-order valence-corrected chi connectivity index (χ3v) is 8.12. The van der Waals surface area contributed by atoms with Crippen LogP contribution in [0.5, 0.6) is 6.01 Å². The minimum atomic E-state index is -4.66. The lowest BCUT2D eigenvalue weighted by molar-refractivity contribution is -0.154.